The third-order valence-corrected chi connectivity index (χ3v) is 3.38. The maximum atomic E-state index is 11.4. The van der Waals surface area contributed by atoms with Crippen LogP contribution in [0.2, 0.25) is 0 Å². The summed E-state index contributed by atoms with van der Waals surface area (Å²) < 4.78 is 12.4. The van der Waals surface area contributed by atoms with E-state index in [0.29, 0.717) is 17.1 Å². The number of H-pyrrole nitrogens is 1. The van der Waals surface area contributed by atoms with Gasteiger partial charge in [-0.1, -0.05) is 13.8 Å². The largest absolute Gasteiger partial charge is 0.497 e. The standard InChI is InChI=1S/C15H19N3O3S/c1-10(2)14(19)21-9-8-18-15(22)16-13(17-18)11-4-6-12(20-3)7-5-11/h4-7,10H,8-9H2,1-3H3,(H,16,17,22). The molecule has 0 fully saturated rings. The molecule has 1 aromatic heterocycles. The molecular weight excluding hydrogens is 302 g/mol. The summed E-state index contributed by atoms with van der Waals surface area (Å²) >= 11 is 5.21. The predicted molar refractivity (Wildman–Crippen MR) is 85.2 cm³/mol. The molecule has 0 aliphatic carbocycles. The van der Waals surface area contributed by atoms with Crippen LogP contribution < -0.4 is 4.74 Å². The van der Waals surface area contributed by atoms with Crippen molar-refractivity contribution in [2.45, 2.75) is 20.4 Å². The summed E-state index contributed by atoms with van der Waals surface area (Å²) in [5.41, 5.74) is 0.907. The minimum absolute atomic E-state index is 0.135. The van der Waals surface area contributed by atoms with Crippen LogP contribution >= 0.6 is 12.2 Å². The van der Waals surface area contributed by atoms with Crippen molar-refractivity contribution in [2.75, 3.05) is 13.7 Å². The van der Waals surface area contributed by atoms with Gasteiger partial charge in [-0.2, -0.15) is 4.98 Å². The molecule has 1 aromatic carbocycles. The van der Waals surface area contributed by atoms with Crippen LogP contribution in [0, 0.1) is 10.7 Å². The van der Waals surface area contributed by atoms with Gasteiger partial charge in [-0.15, -0.1) is 0 Å². The quantitative estimate of drug-likeness (QED) is 0.654. The number of aromatic nitrogens is 3. The summed E-state index contributed by atoms with van der Waals surface area (Å²) in [6.45, 7) is 4.30. The third kappa shape index (κ3) is 3.94. The fourth-order valence-corrected chi connectivity index (χ4v) is 2.02. The van der Waals surface area contributed by atoms with Crippen molar-refractivity contribution >= 4 is 18.2 Å². The highest BCUT2D eigenvalue weighted by molar-refractivity contribution is 7.71. The number of aromatic amines is 1. The number of nitrogens with zero attached hydrogens (tertiary/aromatic N) is 2. The van der Waals surface area contributed by atoms with Crippen molar-refractivity contribution in [1.82, 2.24) is 14.8 Å². The number of rotatable bonds is 6. The van der Waals surface area contributed by atoms with E-state index in [0.717, 1.165) is 11.3 Å². The Morgan fingerprint density at radius 2 is 2.05 bits per heavy atom. The molecular formula is C15H19N3O3S. The van der Waals surface area contributed by atoms with Gasteiger partial charge in [0, 0.05) is 5.56 Å². The Kier molecular flexibility index (Phi) is 5.32. The van der Waals surface area contributed by atoms with Gasteiger partial charge in [0.15, 0.2) is 5.82 Å². The van der Waals surface area contributed by atoms with Crippen molar-refractivity contribution in [1.29, 1.82) is 0 Å². The lowest BCUT2D eigenvalue weighted by atomic mass is 10.2. The number of ether oxygens (including phenoxy) is 2. The van der Waals surface area contributed by atoms with Crippen LogP contribution in [0.1, 0.15) is 13.8 Å². The fraction of sp³-hybridized carbons (Fsp3) is 0.400. The Bertz CT molecular complexity index is 689. The van der Waals surface area contributed by atoms with E-state index in [1.807, 2.05) is 24.3 Å². The second-order valence-electron chi connectivity index (χ2n) is 5.06. The zero-order valence-corrected chi connectivity index (χ0v) is 13.6. The molecule has 1 N–H and O–H groups in total. The lowest BCUT2D eigenvalue weighted by molar-refractivity contribution is -0.147. The van der Waals surface area contributed by atoms with Gasteiger partial charge in [0.05, 0.1) is 19.6 Å². The van der Waals surface area contributed by atoms with Gasteiger partial charge in [0.1, 0.15) is 12.4 Å². The Morgan fingerprint density at radius 3 is 2.64 bits per heavy atom. The van der Waals surface area contributed by atoms with E-state index in [1.165, 1.54) is 0 Å². The van der Waals surface area contributed by atoms with E-state index in [1.54, 1.807) is 25.6 Å². The number of carbonyl (C=O) groups is 1. The Labute approximate surface area is 134 Å². The van der Waals surface area contributed by atoms with Crippen LogP contribution in [0.15, 0.2) is 24.3 Å². The van der Waals surface area contributed by atoms with Gasteiger partial charge in [-0.3, -0.25) is 14.6 Å². The van der Waals surface area contributed by atoms with Gasteiger partial charge >= 0.3 is 5.97 Å². The average molecular weight is 321 g/mol. The van der Waals surface area contributed by atoms with E-state index in [2.05, 4.69) is 10.1 Å². The molecule has 0 amide bonds. The SMILES string of the molecule is COc1ccc(-c2nc(=S)n(CCOC(=O)C(C)C)[nH]2)cc1. The van der Waals surface area contributed by atoms with Crippen LogP contribution in [-0.4, -0.2) is 34.5 Å². The molecule has 0 saturated carbocycles. The summed E-state index contributed by atoms with van der Waals surface area (Å²) in [6.07, 6.45) is 0. The number of benzene rings is 1. The molecule has 22 heavy (non-hydrogen) atoms. The van der Waals surface area contributed by atoms with Crippen LogP contribution in [0.4, 0.5) is 0 Å². The molecule has 0 aliphatic rings. The summed E-state index contributed by atoms with van der Waals surface area (Å²) in [7, 11) is 1.62. The minimum atomic E-state index is -0.221. The molecule has 7 heteroatoms. The summed E-state index contributed by atoms with van der Waals surface area (Å²) in [6, 6.07) is 7.51. The fourth-order valence-electron chi connectivity index (χ4n) is 1.79. The van der Waals surface area contributed by atoms with Crippen LogP contribution in [-0.2, 0) is 16.1 Å². The molecule has 0 saturated heterocycles. The van der Waals surface area contributed by atoms with Gasteiger partial charge < -0.3 is 9.47 Å². The third-order valence-electron chi connectivity index (χ3n) is 3.07. The molecule has 2 aromatic rings. The topological polar surface area (TPSA) is 69.1 Å². The van der Waals surface area contributed by atoms with E-state index in [9.17, 15) is 4.79 Å². The number of carbonyl (C=O) groups excluding carboxylic acids is 1. The molecule has 118 valence electrons. The van der Waals surface area contributed by atoms with Crippen molar-refractivity contribution in [3.05, 3.63) is 29.0 Å². The van der Waals surface area contributed by atoms with E-state index >= 15 is 0 Å². The van der Waals surface area contributed by atoms with Crippen LogP contribution in [0.25, 0.3) is 11.4 Å². The maximum Gasteiger partial charge on any atom is 0.308 e. The second-order valence-corrected chi connectivity index (χ2v) is 5.42. The molecule has 6 nitrogen and oxygen atoms in total. The molecule has 0 radical (unpaired) electrons. The molecule has 1 heterocycles. The Balaban J connectivity index is 2.04. The lowest BCUT2D eigenvalue weighted by Gasteiger charge is -2.07. The van der Waals surface area contributed by atoms with Gasteiger partial charge in [0.2, 0.25) is 4.77 Å². The smallest absolute Gasteiger partial charge is 0.308 e. The van der Waals surface area contributed by atoms with Gasteiger partial charge in [-0.25, -0.2) is 0 Å². The maximum absolute atomic E-state index is 11.4. The summed E-state index contributed by atoms with van der Waals surface area (Å²) in [5.74, 6) is 1.09. The minimum Gasteiger partial charge on any atom is -0.497 e. The lowest BCUT2D eigenvalue weighted by Crippen LogP contribution is -2.16. The van der Waals surface area contributed by atoms with E-state index in [-0.39, 0.29) is 18.5 Å². The van der Waals surface area contributed by atoms with Crippen molar-refractivity contribution in [3.63, 3.8) is 0 Å². The first kappa shape index (κ1) is 16.2. The van der Waals surface area contributed by atoms with Crippen molar-refractivity contribution in [2.24, 2.45) is 5.92 Å². The highest BCUT2D eigenvalue weighted by Gasteiger charge is 2.09. The Hall–Kier alpha value is -2.15. The number of hydrogen-bond acceptors (Lipinski definition) is 5. The second kappa shape index (κ2) is 7.22. The Morgan fingerprint density at radius 1 is 1.36 bits per heavy atom. The molecule has 0 atom stereocenters. The first-order chi connectivity index (χ1) is 10.5. The molecule has 0 spiro atoms. The number of hydrogen-bond donors (Lipinski definition) is 1. The first-order valence-corrected chi connectivity index (χ1v) is 7.40. The molecule has 2 rings (SSSR count). The van der Waals surface area contributed by atoms with Crippen LogP contribution in [0.5, 0.6) is 5.75 Å². The monoisotopic (exact) mass is 321 g/mol. The van der Waals surface area contributed by atoms with E-state index in [4.69, 9.17) is 21.7 Å². The summed E-state index contributed by atoms with van der Waals surface area (Å²) in [4.78, 5) is 15.7. The number of esters is 1. The molecule has 0 aliphatic heterocycles. The highest BCUT2D eigenvalue weighted by atomic mass is 32.1. The number of nitrogens with one attached hydrogen (secondary N) is 1. The van der Waals surface area contributed by atoms with Crippen LogP contribution in [0.3, 0.4) is 0 Å². The predicted octanol–water partition coefficient (Wildman–Crippen LogP) is 2.82. The van der Waals surface area contributed by atoms with Crippen molar-refractivity contribution < 1.29 is 14.3 Å². The average Bonchev–Trinajstić information content (AvgIpc) is 2.88. The van der Waals surface area contributed by atoms with Gasteiger partial charge in [0.25, 0.3) is 0 Å². The van der Waals surface area contributed by atoms with Gasteiger partial charge in [-0.05, 0) is 36.5 Å². The zero-order valence-electron chi connectivity index (χ0n) is 12.8. The highest BCUT2D eigenvalue weighted by Crippen LogP contribution is 2.19. The summed E-state index contributed by atoms with van der Waals surface area (Å²) in [5, 5.41) is 3.11. The molecule has 0 bridgehead atoms. The van der Waals surface area contributed by atoms with Crippen molar-refractivity contribution in [3.8, 4) is 17.1 Å². The zero-order chi connectivity index (χ0) is 16.1. The first-order valence-electron chi connectivity index (χ1n) is 6.99. The van der Waals surface area contributed by atoms with E-state index < -0.39 is 0 Å². The molecule has 0 unspecified atom stereocenters. The number of methoxy groups -OCH3 is 1. The normalized spacial score (nSPS) is 10.7.